The van der Waals surface area contributed by atoms with Crippen LogP contribution in [0.15, 0.2) is 0 Å². The van der Waals surface area contributed by atoms with Crippen molar-refractivity contribution in [3.63, 3.8) is 0 Å². The summed E-state index contributed by atoms with van der Waals surface area (Å²) in [4.78, 5) is 2.55. The molecule has 0 radical (unpaired) electrons. The smallest absolute Gasteiger partial charge is 0.0107 e. The van der Waals surface area contributed by atoms with Gasteiger partial charge < -0.3 is 10.2 Å². The molecule has 3 aliphatic heterocycles. The highest BCUT2D eigenvalue weighted by atomic mass is 15.2. The highest BCUT2D eigenvalue weighted by molar-refractivity contribution is 4.81. The van der Waals surface area contributed by atoms with Crippen molar-refractivity contribution in [3.8, 4) is 0 Å². The monoisotopic (exact) mass is 156 g/mol. The number of fused-ring (bicyclic) bond motifs is 4. The molecule has 66 valence electrons. The van der Waals surface area contributed by atoms with E-state index in [2.05, 4.69) is 10.2 Å². The fourth-order valence-electron chi connectivity index (χ4n) is 1.79. The van der Waals surface area contributed by atoms with Gasteiger partial charge in [-0.2, -0.15) is 0 Å². The van der Waals surface area contributed by atoms with Gasteiger partial charge >= 0.3 is 0 Å². The fourth-order valence-corrected chi connectivity index (χ4v) is 1.79. The molecule has 1 N–H and O–H groups in total. The summed E-state index contributed by atoms with van der Waals surface area (Å²) in [5.74, 6) is 0. The molecule has 0 amide bonds. The second-order valence-electron chi connectivity index (χ2n) is 3.07. The first kappa shape index (κ1) is 9.01. The van der Waals surface area contributed by atoms with Crippen molar-refractivity contribution in [3.05, 3.63) is 0 Å². The Labute approximate surface area is 70.0 Å². The number of piperidine rings is 1. The maximum absolute atomic E-state index is 3.53. The SMILES string of the molecule is C1CN2CCC(CC2)N1.CC. The third-order valence-electron chi connectivity index (χ3n) is 2.45. The van der Waals surface area contributed by atoms with E-state index in [1.54, 1.807) is 0 Å². The first-order valence-corrected chi connectivity index (χ1v) is 4.91. The lowest BCUT2D eigenvalue weighted by Gasteiger charge is -2.25. The van der Waals surface area contributed by atoms with Gasteiger partial charge in [-0.25, -0.2) is 0 Å². The summed E-state index contributed by atoms with van der Waals surface area (Å²) in [6.07, 6.45) is 2.75. The largest absolute Gasteiger partial charge is 0.313 e. The molecule has 0 aliphatic carbocycles. The second kappa shape index (κ2) is 4.73. The van der Waals surface area contributed by atoms with Crippen LogP contribution in [0, 0.1) is 0 Å². The molecule has 3 rings (SSSR count). The van der Waals surface area contributed by atoms with Crippen LogP contribution in [0.4, 0.5) is 0 Å². The highest BCUT2D eigenvalue weighted by Gasteiger charge is 2.21. The van der Waals surface area contributed by atoms with Crippen molar-refractivity contribution in [2.75, 3.05) is 26.2 Å². The molecular formula is C9H20N2. The predicted octanol–water partition coefficient (Wildman–Crippen LogP) is 1.08. The van der Waals surface area contributed by atoms with E-state index in [1.807, 2.05) is 13.8 Å². The Balaban J connectivity index is 0.000000281. The molecule has 0 atom stereocenters. The minimum atomic E-state index is 0.851. The topological polar surface area (TPSA) is 15.3 Å². The fraction of sp³-hybridized carbons (Fsp3) is 1.00. The lowest BCUT2D eigenvalue weighted by atomic mass is 10.1. The normalized spacial score (nSPS) is 35.5. The summed E-state index contributed by atoms with van der Waals surface area (Å²) in [7, 11) is 0. The molecule has 2 nitrogen and oxygen atoms in total. The molecule has 3 saturated heterocycles. The van der Waals surface area contributed by atoms with E-state index in [0.29, 0.717) is 0 Å². The summed E-state index contributed by atoms with van der Waals surface area (Å²) < 4.78 is 0. The number of rotatable bonds is 0. The Morgan fingerprint density at radius 1 is 1.09 bits per heavy atom. The van der Waals surface area contributed by atoms with Crippen molar-refractivity contribution < 1.29 is 0 Å². The molecule has 2 heteroatoms. The molecule has 0 spiro atoms. The predicted molar refractivity (Wildman–Crippen MR) is 48.8 cm³/mol. The average molecular weight is 156 g/mol. The van der Waals surface area contributed by atoms with Gasteiger partial charge in [-0.1, -0.05) is 13.8 Å². The number of hydrogen-bond donors (Lipinski definition) is 1. The van der Waals surface area contributed by atoms with E-state index in [4.69, 9.17) is 0 Å². The first-order chi connectivity index (χ1) is 5.45. The van der Waals surface area contributed by atoms with E-state index >= 15 is 0 Å². The van der Waals surface area contributed by atoms with Crippen LogP contribution >= 0.6 is 0 Å². The first-order valence-electron chi connectivity index (χ1n) is 4.91. The van der Waals surface area contributed by atoms with Crippen LogP contribution in [0.5, 0.6) is 0 Å². The van der Waals surface area contributed by atoms with E-state index in [9.17, 15) is 0 Å². The molecule has 0 aromatic carbocycles. The Kier molecular flexibility index (Phi) is 3.87. The van der Waals surface area contributed by atoms with E-state index in [-0.39, 0.29) is 0 Å². The van der Waals surface area contributed by atoms with Crippen molar-refractivity contribution in [1.82, 2.24) is 10.2 Å². The average Bonchev–Trinajstić information content (AvgIpc) is 2.43. The van der Waals surface area contributed by atoms with Crippen LogP contribution in [0.1, 0.15) is 26.7 Å². The Morgan fingerprint density at radius 2 is 1.73 bits per heavy atom. The number of hydrogen-bond acceptors (Lipinski definition) is 2. The number of nitrogens with zero attached hydrogens (tertiary/aromatic N) is 1. The van der Waals surface area contributed by atoms with E-state index in [1.165, 1.54) is 39.0 Å². The van der Waals surface area contributed by atoms with Crippen LogP contribution in [0.25, 0.3) is 0 Å². The molecule has 3 fully saturated rings. The number of nitrogens with one attached hydrogen (secondary N) is 1. The summed E-state index contributed by atoms with van der Waals surface area (Å²) in [5.41, 5.74) is 0. The Bertz CT molecular complexity index is 78.2. The van der Waals surface area contributed by atoms with Crippen LogP contribution in [0.3, 0.4) is 0 Å². The highest BCUT2D eigenvalue weighted by Crippen LogP contribution is 2.12. The Morgan fingerprint density at radius 3 is 2.36 bits per heavy atom. The summed E-state index contributed by atoms with van der Waals surface area (Å²) >= 11 is 0. The van der Waals surface area contributed by atoms with Crippen LogP contribution < -0.4 is 5.32 Å². The molecule has 2 bridgehead atoms. The summed E-state index contributed by atoms with van der Waals surface area (Å²) in [6.45, 7) is 9.15. The molecule has 3 heterocycles. The molecule has 3 aliphatic rings. The standard InChI is InChI=1S/C7H14N2.C2H6/c1-4-9-5-2-7(1)8-3-6-9;1-2/h7-8H,1-6H2;1-2H3. The second-order valence-corrected chi connectivity index (χ2v) is 3.07. The van der Waals surface area contributed by atoms with Gasteiger partial charge in [-0.15, -0.1) is 0 Å². The van der Waals surface area contributed by atoms with Gasteiger partial charge in [0.25, 0.3) is 0 Å². The minimum Gasteiger partial charge on any atom is -0.313 e. The van der Waals surface area contributed by atoms with Crippen LogP contribution in [-0.2, 0) is 0 Å². The van der Waals surface area contributed by atoms with Crippen LogP contribution in [0.2, 0.25) is 0 Å². The third kappa shape index (κ3) is 2.46. The van der Waals surface area contributed by atoms with Gasteiger partial charge in [-0.05, 0) is 25.9 Å². The third-order valence-corrected chi connectivity index (χ3v) is 2.45. The summed E-state index contributed by atoms with van der Waals surface area (Å²) in [5, 5.41) is 3.53. The van der Waals surface area contributed by atoms with Gasteiger partial charge in [0.15, 0.2) is 0 Å². The molecular weight excluding hydrogens is 136 g/mol. The lowest BCUT2D eigenvalue weighted by Crippen LogP contribution is -2.34. The summed E-state index contributed by atoms with van der Waals surface area (Å²) in [6, 6.07) is 0.851. The zero-order valence-corrected chi connectivity index (χ0v) is 7.77. The van der Waals surface area contributed by atoms with Gasteiger partial charge in [0, 0.05) is 19.1 Å². The van der Waals surface area contributed by atoms with Crippen molar-refractivity contribution in [1.29, 1.82) is 0 Å². The van der Waals surface area contributed by atoms with E-state index in [0.717, 1.165) is 6.04 Å². The lowest BCUT2D eigenvalue weighted by molar-refractivity contribution is 0.247. The molecule has 11 heavy (non-hydrogen) atoms. The zero-order valence-electron chi connectivity index (χ0n) is 7.77. The molecule has 0 unspecified atom stereocenters. The molecule has 0 aromatic rings. The van der Waals surface area contributed by atoms with E-state index < -0.39 is 0 Å². The Hall–Kier alpha value is -0.0800. The van der Waals surface area contributed by atoms with Crippen LogP contribution in [-0.4, -0.2) is 37.1 Å². The van der Waals surface area contributed by atoms with Gasteiger partial charge in [0.1, 0.15) is 0 Å². The van der Waals surface area contributed by atoms with Gasteiger partial charge in [0.2, 0.25) is 0 Å². The van der Waals surface area contributed by atoms with Crippen molar-refractivity contribution in [2.45, 2.75) is 32.7 Å². The van der Waals surface area contributed by atoms with Gasteiger partial charge in [-0.3, -0.25) is 0 Å². The zero-order chi connectivity index (χ0) is 8.10. The van der Waals surface area contributed by atoms with Crippen molar-refractivity contribution in [2.24, 2.45) is 0 Å². The molecule has 0 aromatic heterocycles. The minimum absolute atomic E-state index is 0.851. The maximum atomic E-state index is 3.53. The quantitative estimate of drug-likeness (QED) is 0.564. The maximum Gasteiger partial charge on any atom is 0.0107 e. The van der Waals surface area contributed by atoms with Gasteiger partial charge in [0.05, 0.1) is 0 Å². The van der Waals surface area contributed by atoms with Crippen molar-refractivity contribution >= 4 is 0 Å². The molecule has 0 saturated carbocycles.